The molecule has 2 aromatic carbocycles. The number of ether oxygens (including phenoxy) is 3. The Bertz CT molecular complexity index is 596. The second kappa shape index (κ2) is 6.30. The van der Waals surface area contributed by atoms with Gasteiger partial charge in [-0.1, -0.05) is 6.07 Å². The van der Waals surface area contributed by atoms with Crippen molar-refractivity contribution in [3.05, 3.63) is 42.0 Å². The van der Waals surface area contributed by atoms with E-state index in [0.29, 0.717) is 6.54 Å². The van der Waals surface area contributed by atoms with Crippen LogP contribution in [0, 0.1) is 0 Å². The van der Waals surface area contributed by atoms with Crippen molar-refractivity contribution in [1.82, 2.24) is 0 Å². The molecule has 0 saturated heterocycles. The summed E-state index contributed by atoms with van der Waals surface area (Å²) in [6.45, 7) is 0.453. The Morgan fingerprint density at radius 3 is 2.05 bits per heavy atom. The van der Waals surface area contributed by atoms with E-state index in [1.54, 1.807) is 21.3 Å². The largest absolute Gasteiger partial charge is 0.497 e. The molecule has 0 spiro atoms. The Labute approximate surface area is 119 Å². The van der Waals surface area contributed by atoms with Gasteiger partial charge in [0.2, 0.25) is 0 Å². The van der Waals surface area contributed by atoms with Crippen molar-refractivity contribution in [2.75, 3.05) is 21.3 Å². The monoisotopic (exact) mass is 273 g/mol. The maximum atomic E-state index is 5.82. The quantitative estimate of drug-likeness (QED) is 0.910. The molecule has 0 bridgehead atoms. The van der Waals surface area contributed by atoms with Crippen molar-refractivity contribution in [2.24, 2.45) is 5.73 Å². The van der Waals surface area contributed by atoms with Crippen LogP contribution in [0.3, 0.4) is 0 Å². The number of rotatable bonds is 5. The van der Waals surface area contributed by atoms with Crippen molar-refractivity contribution in [2.45, 2.75) is 6.54 Å². The molecule has 20 heavy (non-hydrogen) atoms. The lowest BCUT2D eigenvalue weighted by Crippen LogP contribution is -2.00. The summed E-state index contributed by atoms with van der Waals surface area (Å²) in [5.74, 6) is 2.28. The molecule has 4 heteroatoms. The van der Waals surface area contributed by atoms with Crippen LogP contribution >= 0.6 is 0 Å². The predicted octanol–water partition coefficient (Wildman–Crippen LogP) is 2.84. The van der Waals surface area contributed by atoms with Gasteiger partial charge in [-0.15, -0.1) is 0 Å². The fourth-order valence-corrected chi connectivity index (χ4v) is 2.13. The lowest BCUT2D eigenvalue weighted by molar-refractivity contribution is 0.395. The predicted molar refractivity (Wildman–Crippen MR) is 79.4 cm³/mol. The third-order valence-electron chi connectivity index (χ3n) is 3.24. The standard InChI is InChI=1S/C16H19NO3/c1-18-12-5-4-11(10-17)15(8-12)14-7-6-13(19-2)9-16(14)20-3/h4-9H,10,17H2,1-3H3. The second-order valence-electron chi connectivity index (χ2n) is 4.29. The molecule has 0 aliphatic rings. The number of hydrogen-bond donors (Lipinski definition) is 1. The molecule has 0 aromatic heterocycles. The molecular formula is C16H19NO3. The fourth-order valence-electron chi connectivity index (χ4n) is 2.13. The van der Waals surface area contributed by atoms with Crippen molar-refractivity contribution in [3.8, 4) is 28.4 Å². The van der Waals surface area contributed by atoms with E-state index in [1.165, 1.54) is 0 Å². The van der Waals surface area contributed by atoms with Gasteiger partial charge in [-0.2, -0.15) is 0 Å². The molecular weight excluding hydrogens is 254 g/mol. The first-order valence-electron chi connectivity index (χ1n) is 6.32. The second-order valence-corrected chi connectivity index (χ2v) is 4.29. The minimum absolute atomic E-state index is 0.453. The van der Waals surface area contributed by atoms with E-state index < -0.39 is 0 Å². The highest BCUT2D eigenvalue weighted by molar-refractivity contribution is 5.75. The van der Waals surface area contributed by atoms with E-state index in [4.69, 9.17) is 19.9 Å². The smallest absolute Gasteiger partial charge is 0.130 e. The van der Waals surface area contributed by atoms with Crippen LogP contribution in [0.15, 0.2) is 36.4 Å². The molecule has 0 fully saturated rings. The summed E-state index contributed by atoms with van der Waals surface area (Å²) in [4.78, 5) is 0. The van der Waals surface area contributed by atoms with Gasteiger partial charge >= 0.3 is 0 Å². The lowest BCUT2D eigenvalue weighted by Gasteiger charge is -2.14. The van der Waals surface area contributed by atoms with E-state index in [2.05, 4.69) is 0 Å². The third kappa shape index (κ3) is 2.70. The average molecular weight is 273 g/mol. The normalized spacial score (nSPS) is 10.2. The molecule has 106 valence electrons. The van der Waals surface area contributed by atoms with Gasteiger partial charge in [-0.05, 0) is 35.4 Å². The summed E-state index contributed by atoms with van der Waals surface area (Å²) in [5, 5.41) is 0. The Kier molecular flexibility index (Phi) is 4.48. The van der Waals surface area contributed by atoms with E-state index in [1.807, 2.05) is 36.4 Å². The Hall–Kier alpha value is -2.20. The Morgan fingerprint density at radius 1 is 0.800 bits per heavy atom. The van der Waals surface area contributed by atoms with E-state index in [-0.39, 0.29) is 0 Å². The van der Waals surface area contributed by atoms with Gasteiger partial charge in [0.15, 0.2) is 0 Å². The summed E-state index contributed by atoms with van der Waals surface area (Å²) < 4.78 is 16.0. The Balaban J connectivity index is 2.60. The first-order valence-corrected chi connectivity index (χ1v) is 6.32. The SMILES string of the molecule is COc1ccc(-c2cc(OC)ccc2CN)c(OC)c1. The molecule has 2 N–H and O–H groups in total. The summed E-state index contributed by atoms with van der Waals surface area (Å²) >= 11 is 0. The topological polar surface area (TPSA) is 53.7 Å². The molecule has 2 rings (SSSR count). The number of benzene rings is 2. The number of nitrogens with two attached hydrogens (primary N) is 1. The zero-order valence-corrected chi connectivity index (χ0v) is 12.0. The molecule has 0 aliphatic carbocycles. The summed E-state index contributed by atoms with van der Waals surface area (Å²) in [5.41, 5.74) is 8.83. The summed E-state index contributed by atoms with van der Waals surface area (Å²) in [6, 6.07) is 11.6. The highest BCUT2D eigenvalue weighted by Crippen LogP contribution is 2.36. The van der Waals surface area contributed by atoms with Crippen LogP contribution < -0.4 is 19.9 Å². The Morgan fingerprint density at radius 2 is 1.45 bits per heavy atom. The van der Waals surface area contributed by atoms with E-state index >= 15 is 0 Å². The molecule has 0 amide bonds. The van der Waals surface area contributed by atoms with Gasteiger partial charge < -0.3 is 19.9 Å². The van der Waals surface area contributed by atoms with Gasteiger partial charge in [-0.25, -0.2) is 0 Å². The van der Waals surface area contributed by atoms with Crippen LogP contribution in [0.4, 0.5) is 0 Å². The van der Waals surface area contributed by atoms with Crippen LogP contribution in [0.25, 0.3) is 11.1 Å². The van der Waals surface area contributed by atoms with Gasteiger partial charge in [-0.3, -0.25) is 0 Å². The molecule has 0 unspecified atom stereocenters. The highest BCUT2D eigenvalue weighted by Gasteiger charge is 2.12. The van der Waals surface area contributed by atoms with Gasteiger partial charge in [0, 0.05) is 18.2 Å². The molecule has 0 aliphatic heterocycles. The summed E-state index contributed by atoms with van der Waals surface area (Å²) in [7, 11) is 4.92. The highest BCUT2D eigenvalue weighted by atomic mass is 16.5. The average Bonchev–Trinajstić information content (AvgIpc) is 2.53. The van der Waals surface area contributed by atoms with Crippen molar-refractivity contribution >= 4 is 0 Å². The van der Waals surface area contributed by atoms with Crippen LogP contribution in [0.5, 0.6) is 17.2 Å². The zero-order valence-electron chi connectivity index (χ0n) is 12.0. The fraction of sp³-hybridized carbons (Fsp3) is 0.250. The van der Waals surface area contributed by atoms with E-state index in [9.17, 15) is 0 Å². The first kappa shape index (κ1) is 14.2. The van der Waals surface area contributed by atoms with Crippen LogP contribution in [-0.4, -0.2) is 21.3 Å². The minimum atomic E-state index is 0.453. The summed E-state index contributed by atoms with van der Waals surface area (Å²) in [6.07, 6.45) is 0. The molecule has 0 heterocycles. The maximum absolute atomic E-state index is 5.82. The molecule has 0 saturated carbocycles. The number of hydrogen-bond acceptors (Lipinski definition) is 4. The van der Waals surface area contributed by atoms with E-state index in [0.717, 1.165) is 33.9 Å². The molecule has 4 nitrogen and oxygen atoms in total. The molecule has 0 atom stereocenters. The lowest BCUT2D eigenvalue weighted by atomic mass is 9.98. The van der Waals surface area contributed by atoms with Crippen molar-refractivity contribution in [1.29, 1.82) is 0 Å². The van der Waals surface area contributed by atoms with Crippen LogP contribution in [0.1, 0.15) is 5.56 Å². The third-order valence-corrected chi connectivity index (χ3v) is 3.24. The van der Waals surface area contributed by atoms with Gasteiger partial charge in [0.1, 0.15) is 17.2 Å². The zero-order chi connectivity index (χ0) is 14.5. The van der Waals surface area contributed by atoms with Crippen molar-refractivity contribution < 1.29 is 14.2 Å². The van der Waals surface area contributed by atoms with Gasteiger partial charge in [0.05, 0.1) is 21.3 Å². The van der Waals surface area contributed by atoms with Crippen molar-refractivity contribution in [3.63, 3.8) is 0 Å². The molecule has 0 radical (unpaired) electrons. The minimum Gasteiger partial charge on any atom is -0.497 e. The maximum Gasteiger partial charge on any atom is 0.130 e. The first-order chi connectivity index (χ1) is 9.73. The number of methoxy groups -OCH3 is 3. The van der Waals surface area contributed by atoms with Crippen LogP contribution in [-0.2, 0) is 6.54 Å². The van der Waals surface area contributed by atoms with Gasteiger partial charge in [0.25, 0.3) is 0 Å². The molecule has 2 aromatic rings. The van der Waals surface area contributed by atoms with Crippen LogP contribution in [0.2, 0.25) is 0 Å².